The molecule has 2 aromatic carbocycles. The summed E-state index contributed by atoms with van der Waals surface area (Å²) in [5, 5.41) is 10.8. The van der Waals surface area contributed by atoms with Gasteiger partial charge in [-0.25, -0.2) is 0 Å². The Morgan fingerprint density at radius 1 is 1.14 bits per heavy atom. The molecule has 2 atom stereocenters. The number of carbonyl (C=O) groups is 1. The Kier molecular flexibility index (Phi) is 5.39. The summed E-state index contributed by atoms with van der Waals surface area (Å²) in [5.74, 6) is 0.309. The number of Topliss-reactive ketones (excluding diaryl/α,β-unsaturated/α-hetero) is 1. The number of hydrogen-bond acceptors (Lipinski definition) is 3. The Morgan fingerprint density at radius 2 is 1.71 bits per heavy atom. The molecule has 0 saturated carbocycles. The molecule has 0 amide bonds. The lowest BCUT2D eigenvalue weighted by Crippen LogP contribution is -2.25. The van der Waals surface area contributed by atoms with E-state index in [2.05, 4.69) is 15.9 Å². The molecule has 0 aromatic heterocycles. The van der Waals surface area contributed by atoms with Gasteiger partial charge in [-0.15, -0.1) is 0 Å². The fourth-order valence-electron chi connectivity index (χ4n) is 1.89. The molecular weight excluding hydrogens is 356 g/mol. The van der Waals surface area contributed by atoms with Crippen molar-refractivity contribution in [2.45, 2.75) is 10.9 Å². The molecule has 0 aliphatic heterocycles. The van der Waals surface area contributed by atoms with E-state index in [0.717, 1.165) is 5.56 Å². The van der Waals surface area contributed by atoms with Crippen LogP contribution in [0.15, 0.2) is 48.5 Å². The largest absolute Gasteiger partial charge is 0.497 e. The predicted molar refractivity (Wildman–Crippen MR) is 86.5 cm³/mol. The highest BCUT2D eigenvalue weighted by atomic mass is 79.9. The summed E-state index contributed by atoms with van der Waals surface area (Å²) < 4.78 is 5.04. The van der Waals surface area contributed by atoms with Crippen molar-refractivity contribution in [3.63, 3.8) is 0 Å². The number of alkyl halides is 1. The molecule has 0 heterocycles. The van der Waals surface area contributed by atoms with E-state index in [1.54, 1.807) is 55.6 Å². The van der Waals surface area contributed by atoms with Crippen molar-refractivity contribution in [3.8, 4) is 5.75 Å². The van der Waals surface area contributed by atoms with E-state index in [0.29, 0.717) is 16.3 Å². The minimum atomic E-state index is -1.18. The van der Waals surface area contributed by atoms with Crippen LogP contribution in [-0.2, 0) is 0 Å². The first kappa shape index (κ1) is 16.0. The minimum Gasteiger partial charge on any atom is -0.497 e. The van der Waals surface area contributed by atoms with Gasteiger partial charge in [0.05, 0.1) is 11.9 Å². The van der Waals surface area contributed by atoms with Gasteiger partial charge in [0.1, 0.15) is 11.9 Å². The molecule has 21 heavy (non-hydrogen) atoms. The van der Waals surface area contributed by atoms with E-state index in [1.165, 1.54) is 0 Å². The number of ketones is 1. The van der Waals surface area contributed by atoms with E-state index in [-0.39, 0.29) is 5.78 Å². The number of benzene rings is 2. The second-order valence-electron chi connectivity index (χ2n) is 4.49. The number of carbonyl (C=O) groups excluding carboxylic acids is 1. The van der Waals surface area contributed by atoms with Gasteiger partial charge in [0.25, 0.3) is 0 Å². The summed E-state index contributed by atoms with van der Waals surface area (Å²) in [5.41, 5.74) is 1.22. The quantitative estimate of drug-likeness (QED) is 0.639. The summed E-state index contributed by atoms with van der Waals surface area (Å²) in [6.45, 7) is 0. The number of methoxy groups -OCH3 is 1. The Labute approximate surface area is 136 Å². The molecular formula is C16H14BrClO3. The average Bonchev–Trinajstić information content (AvgIpc) is 2.53. The zero-order valence-corrected chi connectivity index (χ0v) is 13.6. The first-order valence-electron chi connectivity index (χ1n) is 6.29. The molecule has 0 bridgehead atoms. The predicted octanol–water partition coefficient (Wildman–Crippen LogP) is 4.03. The molecule has 0 unspecified atom stereocenters. The van der Waals surface area contributed by atoms with Crippen LogP contribution in [-0.4, -0.2) is 24.1 Å². The van der Waals surface area contributed by atoms with Crippen molar-refractivity contribution >= 4 is 33.3 Å². The molecule has 0 aliphatic rings. The van der Waals surface area contributed by atoms with Gasteiger partial charge in [-0.2, -0.15) is 0 Å². The van der Waals surface area contributed by atoms with E-state index >= 15 is 0 Å². The standard InChI is InChI=1S/C16H14BrClO3/c1-21-13-8-4-11(5-9-13)15(19)16(20)14(17)10-2-6-12(18)7-3-10/h2-9,14,16,20H,1H3/t14-,16+/m1/s1. The number of rotatable bonds is 5. The molecule has 0 radical (unpaired) electrons. The normalized spacial score (nSPS) is 13.5. The molecule has 2 rings (SSSR count). The van der Waals surface area contributed by atoms with Crippen LogP contribution in [0.2, 0.25) is 5.02 Å². The van der Waals surface area contributed by atoms with Crippen molar-refractivity contribution in [3.05, 3.63) is 64.7 Å². The number of aliphatic hydroxyl groups is 1. The zero-order chi connectivity index (χ0) is 15.4. The van der Waals surface area contributed by atoms with Gasteiger partial charge >= 0.3 is 0 Å². The highest BCUT2D eigenvalue weighted by Crippen LogP contribution is 2.29. The third-order valence-corrected chi connectivity index (χ3v) is 4.39. The first-order valence-corrected chi connectivity index (χ1v) is 7.58. The molecule has 0 aliphatic carbocycles. The zero-order valence-electron chi connectivity index (χ0n) is 11.3. The average molecular weight is 370 g/mol. The lowest BCUT2D eigenvalue weighted by molar-refractivity contribution is 0.0746. The van der Waals surface area contributed by atoms with Crippen LogP contribution >= 0.6 is 27.5 Å². The summed E-state index contributed by atoms with van der Waals surface area (Å²) >= 11 is 9.19. The lowest BCUT2D eigenvalue weighted by atomic mass is 10.00. The van der Waals surface area contributed by atoms with Crippen LogP contribution in [0, 0.1) is 0 Å². The van der Waals surface area contributed by atoms with Crippen LogP contribution < -0.4 is 4.74 Å². The second-order valence-corrected chi connectivity index (χ2v) is 5.91. The fraction of sp³-hybridized carbons (Fsp3) is 0.188. The highest BCUT2D eigenvalue weighted by Gasteiger charge is 2.26. The van der Waals surface area contributed by atoms with Crippen LogP contribution in [0.4, 0.5) is 0 Å². The maximum Gasteiger partial charge on any atom is 0.192 e. The Morgan fingerprint density at radius 3 is 2.24 bits per heavy atom. The molecule has 0 fully saturated rings. The van der Waals surface area contributed by atoms with Gasteiger partial charge in [0.15, 0.2) is 5.78 Å². The molecule has 0 spiro atoms. The van der Waals surface area contributed by atoms with Crippen LogP contribution in [0.3, 0.4) is 0 Å². The SMILES string of the molecule is COc1ccc(C(=O)[C@@H](O)[C@H](Br)c2ccc(Cl)cc2)cc1. The number of ether oxygens (including phenoxy) is 1. The number of aliphatic hydroxyl groups excluding tert-OH is 1. The lowest BCUT2D eigenvalue weighted by Gasteiger charge is -2.17. The van der Waals surface area contributed by atoms with E-state index in [1.807, 2.05) is 0 Å². The smallest absolute Gasteiger partial charge is 0.192 e. The van der Waals surface area contributed by atoms with Crippen molar-refractivity contribution in [2.75, 3.05) is 7.11 Å². The van der Waals surface area contributed by atoms with E-state index in [4.69, 9.17) is 16.3 Å². The maximum absolute atomic E-state index is 12.3. The van der Waals surface area contributed by atoms with E-state index in [9.17, 15) is 9.90 Å². The molecule has 5 heteroatoms. The molecule has 2 aromatic rings. The number of hydrogen-bond donors (Lipinski definition) is 1. The van der Waals surface area contributed by atoms with Gasteiger partial charge in [-0.1, -0.05) is 39.7 Å². The van der Waals surface area contributed by atoms with E-state index < -0.39 is 10.9 Å². The van der Waals surface area contributed by atoms with Crippen molar-refractivity contribution < 1.29 is 14.6 Å². The highest BCUT2D eigenvalue weighted by molar-refractivity contribution is 9.09. The van der Waals surface area contributed by atoms with Crippen LogP contribution in [0.1, 0.15) is 20.7 Å². The molecule has 0 saturated heterocycles. The summed E-state index contributed by atoms with van der Waals surface area (Å²) in [4.78, 5) is 11.8. The molecule has 3 nitrogen and oxygen atoms in total. The monoisotopic (exact) mass is 368 g/mol. The summed E-state index contributed by atoms with van der Waals surface area (Å²) in [7, 11) is 1.56. The molecule has 110 valence electrons. The van der Waals surface area contributed by atoms with Gasteiger partial charge in [-0.3, -0.25) is 4.79 Å². The number of halogens is 2. The fourth-order valence-corrected chi connectivity index (χ4v) is 2.56. The first-order chi connectivity index (χ1) is 10.0. The second kappa shape index (κ2) is 7.07. The third kappa shape index (κ3) is 3.84. The molecule has 1 N–H and O–H groups in total. The summed E-state index contributed by atoms with van der Waals surface area (Å²) in [6, 6.07) is 13.6. The topological polar surface area (TPSA) is 46.5 Å². The van der Waals surface area contributed by atoms with Crippen molar-refractivity contribution in [1.82, 2.24) is 0 Å². The van der Waals surface area contributed by atoms with Gasteiger partial charge in [0.2, 0.25) is 0 Å². The van der Waals surface area contributed by atoms with Crippen LogP contribution in [0.5, 0.6) is 5.75 Å². The van der Waals surface area contributed by atoms with Gasteiger partial charge < -0.3 is 9.84 Å². The van der Waals surface area contributed by atoms with Crippen molar-refractivity contribution in [1.29, 1.82) is 0 Å². The minimum absolute atomic E-state index is 0.352. The van der Waals surface area contributed by atoms with Gasteiger partial charge in [0, 0.05) is 10.6 Å². The van der Waals surface area contributed by atoms with Crippen molar-refractivity contribution in [2.24, 2.45) is 0 Å². The van der Waals surface area contributed by atoms with Crippen LogP contribution in [0.25, 0.3) is 0 Å². The summed E-state index contributed by atoms with van der Waals surface area (Å²) in [6.07, 6.45) is -1.18. The Hall–Kier alpha value is -1.36. The third-order valence-electron chi connectivity index (χ3n) is 3.11. The Bertz CT molecular complexity index is 610. The van der Waals surface area contributed by atoms with Gasteiger partial charge in [-0.05, 0) is 42.0 Å². The maximum atomic E-state index is 12.3. The Balaban J connectivity index is 2.15.